The number of aromatic nitrogens is 2. The van der Waals surface area contributed by atoms with E-state index in [0.29, 0.717) is 11.6 Å². The van der Waals surface area contributed by atoms with Gasteiger partial charge in [0.2, 0.25) is 5.71 Å². The Hall–Kier alpha value is -3.46. The zero-order chi connectivity index (χ0) is 23.2. The van der Waals surface area contributed by atoms with Crippen LogP contribution in [-0.4, -0.2) is 9.97 Å². The number of nitrogens with zero attached hydrogens (tertiary/aromatic N) is 2. The fourth-order valence-corrected chi connectivity index (χ4v) is 4.57. The Kier molecular flexibility index (Phi) is 5.28. The topological polar surface area (TPSA) is 38.9 Å². The summed E-state index contributed by atoms with van der Waals surface area (Å²) in [6.07, 6.45) is 6.62. The third kappa shape index (κ3) is 4.16. The van der Waals surface area contributed by atoms with Gasteiger partial charge in [0.25, 0.3) is 0 Å². The van der Waals surface area contributed by atoms with E-state index in [-0.39, 0.29) is 5.41 Å². The maximum Gasteiger partial charge on any atom is 0.226 e. The molecule has 0 bridgehead atoms. The predicted octanol–water partition coefficient (Wildman–Crippen LogP) is 8.21. The SMILES string of the molecule is CC(C)Cc1coc2ncc(-c3ccnc(-c4cc(C(C)(C)C)c5ccccc5c4)c3)cc12. The van der Waals surface area contributed by atoms with Gasteiger partial charge in [0, 0.05) is 34.5 Å². The maximum absolute atomic E-state index is 5.70. The lowest BCUT2D eigenvalue weighted by atomic mass is 9.82. The third-order valence-corrected chi connectivity index (χ3v) is 6.20. The molecule has 0 spiro atoms. The minimum Gasteiger partial charge on any atom is -0.446 e. The average Bonchev–Trinajstić information content (AvgIpc) is 3.19. The van der Waals surface area contributed by atoms with Gasteiger partial charge < -0.3 is 4.42 Å². The van der Waals surface area contributed by atoms with Crippen molar-refractivity contribution in [3.63, 3.8) is 0 Å². The Labute approximate surface area is 195 Å². The number of pyridine rings is 2. The summed E-state index contributed by atoms with van der Waals surface area (Å²) in [5, 5.41) is 3.64. The molecule has 0 aliphatic heterocycles. The molecule has 5 rings (SSSR count). The van der Waals surface area contributed by atoms with E-state index < -0.39 is 0 Å². The third-order valence-electron chi connectivity index (χ3n) is 6.20. The van der Waals surface area contributed by atoms with E-state index in [2.05, 4.69) is 94.2 Å². The van der Waals surface area contributed by atoms with Crippen LogP contribution in [0.15, 0.2) is 77.7 Å². The van der Waals surface area contributed by atoms with Crippen LogP contribution in [0.4, 0.5) is 0 Å². The molecule has 0 atom stereocenters. The molecule has 0 unspecified atom stereocenters. The number of benzene rings is 2. The van der Waals surface area contributed by atoms with E-state index in [1.54, 1.807) is 0 Å². The van der Waals surface area contributed by atoms with Crippen LogP contribution in [0.5, 0.6) is 0 Å². The second kappa shape index (κ2) is 8.15. The molecule has 166 valence electrons. The molecule has 0 N–H and O–H groups in total. The molecule has 0 aliphatic rings. The highest BCUT2D eigenvalue weighted by atomic mass is 16.3. The summed E-state index contributed by atoms with van der Waals surface area (Å²) in [5.41, 5.74) is 7.59. The summed E-state index contributed by atoms with van der Waals surface area (Å²) in [6.45, 7) is 11.2. The number of hydrogen-bond acceptors (Lipinski definition) is 3. The summed E-state index contributed by atoms with van der Waals surface area (Å²) in [5.74, 6) is 0.562. The van der Waals surface area contributed by atoms with E-state index >= 15 is 0 Å². The van der Waals surface area contributed by atoms with Crippen molar-refractivity contribution in [1.82, 2.24) is 9.97 Å². The van der Waals surface area contributed by atoms with Crippen LogP contribution >= 0.6 is 0 Å². The van der Waals surface area contributed by atoms with Crippen LogP contribution in [-0.2, 0) is 11.8 Å². The molecule has 0 fully saturated rings. The van der Waals surface area contributed by atoms with Crippen LogP contribution in [0.3, 0.4) is 0 Å². The van der Waals surface area contributed by atoms with Gasteiger partial charge in [0.05, 0.1) is 12.0 Å². The number of rotatable bonds is 4. The van der Waals surface area contributed by atoms with Gasteiger partial charge >= 0.3 is 0 Å². The molecule has 0 aliphatic carbocycles. The van der Waals surface area contributed by atoms with Crippen molar-refractivity contribution in [2.75, 3.05) is 0 Å². The molecular formula is C30H30N2O. The second-order valence-corrected chi connectivity index (χ2v) is 10.4. The molecule has 2 aromatic carbocycles. The van der Waals surface area contributed by atoms with Gasteiger partial charge in [-0.15, -0.1) is 0 Å². The minimum absolute atomic E-state index is 0.0380. The fourth-order valence-electron chi connectivity index (χ4n) is 4.57. The number of furan rings is 1. The Balaban J connectivity index is 1.61. The van der Waals surface area contributed by atoms with Crippen LogP contribution < -0.4 is 0 Å². The van der Waals surface area contributed by atoms with Crippen molar-refractivity contribution in [2.24, 2.45) is 5.92 Å². The molecule has 0 saturated carbocycles. The Morgan fingerprint density at radius 2 is 1.67 bits per heavy atom. The molecule has 5 aromatic rings. The zero-order valence-corrected chi connectivity index (χ0v) is 20.0. The van der Waals surface area contributed by atoms with Crippen molar-refractivity contribution >= 4 is 21.9 Å². The smallest absolute Gasteiger partial charge is 0.226 e. The lowest BCUT2D eigenvalue weighted by Crippen LogP contribution is -2.12. The van der Waals surface area contributed by atoms with Crippen molar-refractivity contribution in [3.8, 4) is 22.4 Å². The van der Waals surface area contributed by atoms with Crippen molar-refractivity contribution in [3.05, 3.63) is 84.4 Å². The van der Waals surface area contributed by atoms with Gasteiger partial charge in [-0.25, -0.2) is 4.98 Å². The largest absolute Gasteiger partial charge is 0.446 e. The van der Waals surface area contributed by atoms with E-state index in [1.807, 2.05) is 18.7 Å². The van der Waals surface area contributed by atoms with Crippen LogP contribution in [0.25, 0.3) is 44.3 Å². The quantitative estimate of drug-likeness (QED) is 0.286. The lowest BCUT2D eigenvalue weighted by Gasteiger charge is -2.22. The second-order valence-electron chi connectivity index (χ2n) is 10.4. The molecule has 3 nitrogen and oxygen atoms in total. The molecule has 3 heteroatoms. The van der Waals surface area contributed by atoms with E-state index in [4.69, 9.17) is 9.40 Å². The predicted molar refractivity (Wildman–Crippen MR) is 137 cm³/mol. The van der Waals surface area contributed by atoms with Crippen molar-refractivity contribution in [1.29, 1.82) is 0 Å². The summed E-state index contributed by atoms with van der Waals surface area (Å²) in [4.78, 5) is 9.32. The average molecular weight is 435 g/mol. The maximum atomic E-state index is 5.70. The van der Waals surface area contributed by atoms with E-state index in [9.17, 15) is 0 Å². The molecule has 33 heavy (non-hydrogen) atoms. The molecule has 0 saturated heterocycles. The van der Waals surface area contributed by atoms with Crippen LogP contribution in [0, 0.1) is 5.92 Å². The first-order valence-electron chi connectivity index (χ1n) is 11.7. The lowest BCUT2D eigenvalue weighted by molar-refractivity contribution is 0.585. The summed E-state index contributed by atoms with van der Waals surface area (Å²) in [6, 6.07) is 19.6. The summed E-state index contributed by atoms with van der Waals surface area (Å²) in [7, 11) is 0. The Morgan fingerprint density at radius 1 is 0.848 bits per heavy atom. The Morgan fingerprint density at radius 3 is 2.45 bits per heavy atom. The highest BCUT2D eigenvalue weighted by Gasteiger charge is 2.19. The standard InChI is InChI=1S/C30H30N2O/c1-19(2)12-24-18-33-29-26(24)14-23(17-32-29)20-10-11-31-28(16-20)22-13-21-8-6-7-9-25(21)27(15-22)30(3,4)5/h6-11,13-19H,12H2,1-5H3. The minimum atomic E-state index is 0.0380. The van der Waals surface area contributed by atoms with Crippen molar-refractivity contribution < 1.29 is 4.42 Å². The van der Waals surface area contributed by atoms with Crippen LogP contribution in [0.1, 0.15) is 45.7 Å². The zero-order valence-electron chi connectivity index (χ0n) is 20.0. The van der Waals surface area contributed by atoms with Crippen molar-refractivity contribution in [2.45, 2.75) is 46.5 Å². The molecule has 3 aromatic heterocycles. The van der Waals surface area contributed by atoms with Gasteiger partial charge in [0.1, 0.15) is 0 Å². The fraction of sp³-hybridized carbons (Fsp3) is 0.267. The van der Waals surface area contributed by atoms with Gasteiger partial charge in [-0.1, -0.05) is 58.9 Å². The number of fused-ring (bicyclic) bond motifs is 2. The molecule has 3 heterocycles. The molecule has 0 radical (unpaired) electrons. The molecular weight excluding hydrogens is 404 g/mol. The first kappa shape index (κ1) is 21.4. The molecule has 0 amide bonds. The first-order valence-corrected chi connectivity index (χ1v) is 11.7. The van der Waals surface area contributed by atoms with Gasteiger partial charge in [-0.2, -0.15) is 0 Å². The van der Waals surface area contributed by atoms with E-state index in [0.717, 1.165) is 34.2 Å². The van der Waals surface area contributed by atoms with Gasteiger partial charge in [-0.3, -0.25) is 4.98 Å². The monoisotopic (exact) mass is 434 g/mol. The normalized spacial score (nSPS) is 12.2. The van der Waals surface area contributed by atoms with Gasteiger partial charge in [0.15, 0.2) is 0 Å². The summed E-state index contributed by atoms with van der Waals surface area (Å²) < 4.78 is 5.70. The highest BCUT2D eigenvalue weighted by Crippen LogP contribution is 2.35. The summed E-state index contributed by atoms with van der Waals surface area (Å²) >= 11 is 0. The number of hydrogen-bond donors (Lipinski definition) is 0. The van der Waals surface area contributed by atoms with Gasteiger partial charge in [-0.05, 0) is 70.0 Å². The first-order chi connectivity index (χ1) is 15.8. The van der Waals surface area contributed by atoms with Crippen LogP contribution in [0.2, 0.25) is 0 Å². The highest BCUT2D eigenvalue weighted by molar-refractivity contribution is 5.91. The van der Waals surface area contributed by atoms with E-state index in [1.165, 1.54) is 21.9 Å². The Bertz CT molecular complexity index is 1450.